The number of halogens is 1. The minimum Gasteiger partial charge on any atom is -0.493 e. The van der Waals surface area contributed by atoms with Crippen molar-refractivity contribution in [3.05, 3.63) is 89.2 Å². The number of carbonyl (C=O) groups excluding carboxylic acids is 1. The van der Waals surface area contributed by atoms with Crippen LogP contribution in [0, 0.1) is 5.82 Å². The third-order valence-electron chi connectivity index (χ3n) is 5.47. The molecule has 36 heavy (non-hydrogen) atoms. The van der Waals surface area contributed by atoms with E-state index >= 15 is 0 Å². The first kappa shape index (κ1) is 27.2. The Balaban J connectivity index is 1.40. The van der Waals surface area contributed by atoms with E-state index < -0.39 is 9.84 Å². The lowest BCUT2D eigenvalue weighted by Crippen LogP contribution is -2.28. The normalized spacial score (nSPS) is 11.2. The summed E-state index contributed by atoms with van der Waals surface area (Å²) in [6.07, 6.45) is 1.46. The lowest BCUT2D eigenvalue weighted by molar-refractivity contribution is -0.126. The second-order valence-electron chi connectivity index (χ2n) is 8.17. The molecule has 0 atom stereocenters. The van der Waals surface area contributed by atoms with Crippen LogP contribution in [0.2, 0.25) is 0 Å². The molecular formula is C27H30FNO6S. The predicted octanol–water partition coefficient (Wildman–Crippen LogP) is 4.08. The summed E-state index contributed by atoms with van der Waals surface area (Å²) in [7, 11) is -0.598. The Morgan fingerprint density at radius 1 is 0.861 bits per heavy atom. The van der Waals surface area contributed by atoms with Crippen molar-refractivity contribution in [2.75, 3.05) is 27.4 Å². The van der Waals surface area contributed by atoms with Crippen LogP contribution in [-0.4, -0.2) is 41.7 Å². The first-order valence-electron chi connectivity index (χ1n) is 11.4. The fourth-order valence-electron chi connectivity index (χ4n) is 3.53. The van der Waals surface area contributed by atoms with Gasteiger partial charge in [0.15, 0.2) is 21.3 Å². The monoisotopic (exact) mass is 515 g/mol. The zero-order valence-corrected chi connectivity index (χ0v) is 21.1. The van der Waals surface area contributed by atoms with Crippen molar-refractivity contribution in [2.24, 2.45) is 0 Å². The molecule has 0 unspecified atom stereocenters. The molecule has 0 fully saturated rings. The summed E-state index contributed by atoms with van der Waals surface area (Å²) < 4.78 is 54.3. The maximum atomic E-state index is 12.9. The molecule has 0 spiro atoms. The Kier molecular flexibility index (Phi) is 9.84. The van der Waals surface area contributed by atoms with E-state index in [1.165, 1.54) is 38.5 Å². The average molecular weight is 516 g/mol. The summed E-state index contributed by atoms with van der Waals surface area (Å²) in [5.74, 6) is 0.171. The summed E-state index contributed by atoms with van der Waals surface area (Å²) in [6.45, 7) is 0.663. The maximum absolute atomic E-state index is 12.9. The molecule has 7 nitrogen and oxygen atoms in total. The fraction of sp³-hybridized carbons (Fsp3) is 0.296. The third kappa shape index (κ3) is 8.07. The molecule has 0 saturated heterocycles. The largest absolute Gasteiger partial charge is 0.493 e. The Hall–Kier alpha value is -3.43. The summed E-state index contributed by atoms with van der Waals surface area (Å²) in [6, 6.07) is 17.9. The quantitative estimate of drug-likeness (QED) is 0.345. The molecule has 0 aromatic heterocycles. The van der Waals surface area contributed by atoms with Crippen LogP contribution in [-0.2, 0) is 38.1 Å². The molecule has 0 saturated carbocycles. The highest BCUT2D eigenvalue weighted by Gasteiger charge is 2.18. The highest BCUT2D eigenvalue weighted by molar-refractivity contribution is 7.90. The zero-order chi connectivity index (χ0) is 26.0. The number of amides is 1. The number of rotatable bonds is 13. The summed E-state index contributed by atoms with van der Waals surface area (Å²) in [4.78, 5) is 12.1. The smallest absolute Gasteiger partial charge is 0.246 e. The molecular weight excluding hydrogens is 485 g/mol. The topological polar surface area (TPSA) is 90.9 Å². The lowest BCUT2D eigenvalue weighted by Gasteiger charge is -2.11. The number of hydrogen-bond donors (Lipinski definition) is 1. The number of carbonyl (C=O) groups is 1. The van der Waals surface area contributed by atoms with Gasteiger partial charge in [0.25, 0.3) is 0 Å². The van der Waals surface area contributed by atoms with E-state index in [2.05, 4.69) is 5.32 Å². The van der Waals surface area contributed by atoms with Gasteiger partial charge in [-0.15, -0.1) is 0 Å². The van der Waals surface area contributed by atoms with Crippen molar-refractivity contribution in [2.45, 2.75) is 30.1 Å². The van der Waals surface area contributed by atoms with Gasteiger partial charge in [-0.2, -0.15) is 0 Å². The van der Waals surface area contributed by atoms with Crippen molar-refractivity contribution in [1.82, 2.24) is 5.32 Å². The molecule has 1 N–H and O–H groups in total. The lowest BCUT2D eigenvalue weighted by atomic mass is 10.1. The fourth-order valence-corrected chi connectivity index (χ4v) is 4.89. The van der Waals surface area contributed by atoms with Crippen LogP contribution in [0.4, 0.5) is 4.39 Å². The standard InChI is InChI=1S/C27H30FNO6S/c1-33-25-14-13-24(16-26(25)34-2)36(31,32)19-22-7-5-20(6-8-22)4-3-15-29-27(30)18-35-17-21-9-11-23(28)12-10-21/h5-14,16H,3-4,15,17-19H2,1-2H3,(H,29,30). The van der Waals surface area contributed by atoms with Gasteiger partial charge in [0, 0.05) is 12.6 Å². The van der Waals surface area contributed by atoms with Crippen molar-refractivity contribution in [3.8, 4) is 11.5 Å². The van der Waals surface area contributed by atoms with E-state index in [0.717, 1.165) is 24.0 Å². The maximum Gasteiger partial charge on any atom is 0.246 e. The minimum absolute atomic E-state index is 0.0688. The number of ether oxygens (including phenoxy) is 3. The van der Waals surface area contributed by atoms with Crippen LogP contribution < -0.4 is 14.8 Å². The molecule has 0 aliphatic carbocycles. The molecule has 0 aliphatic heterocycles. The van der Waals surface area contributed by atoms with E-state index in [1.807, 2.05) is 12.1 Å². The number of benzene rings is 3. The first-order valence-corrected chi connectivity index (χ1v) is 13.1. The number of aryl methyl sites for hydroxylation is 1. The van der Waals surface area contributed by atoms with Gasteiger partial charge in [-0.1, -0.05) is 36.4 Å². The highest BCUT2D eigenvalue weighted by atomic mass is 32.2. The first-order chi connectivity index (χ1) is 17.3. The minimum atomic E-state index is -3.55. The number of hydrogen-bond acceptors (Lipinski definition) is 6. The van der Waals surface area contributed by atoms with Gasteiger partial charge >= 0.3 is 0 Å². The van der Waals surface area contributed by atoms with Crippen LogP contribution in [0.5, 0.6) is 11.5 Å². The third-order valence-corrected chi connectivity index (χ3v) is 7.16. The van der Waals surface area contributed by atoms with E-state index in [-0.39, 0.29) is 35.6 Å². The summed E-state index contributed by atoms with van der Waals surface area (Å²) in [5.41, 5.74) is 2.52. The van der Waals surface area contributed by atoms with Gasteiger partial charge in [-0.3, -0.25) is 4.79 Å². The van der Waals surface area contributed by atoms with Gasteiger partial charge < -0.3 is 19.5 Å². The van der Waals surface area contributed by atoms with Gasteiger partial charge in [-0.25, -0.2) is 12.8 Å². The van der Waals surface area contributed by atoms with Crippen LogP contribution in [0.25, 0.3) is 0 Å². The summed E-state index contributed by atoms with van der Waals surface area (Å²) >= 11 is 0. The van der Waals surface area contributed by atoms with Gasteiger partial charge in [0.1, 0.15) is 12.4 Å². The molecule has 0 radical (unpaired) electrons. The second-order valence-corrected chi connectivity index (χ2v) is 10.2. The number of sulfone groups is 1. The highest BCUT2D eigenvalue weighted by Crippen LogP contribution is 2.30. The van der Waals surface area contributed by atoms with Crippen molar-refractivity contribution in [1.29, 1.82) is 0 Å². The molecule has 0 bridgehead atoms. The van der Waals surface area contributed by atoms with Crippen molar-refractivity contribution < 1.29 is 31.8 Å². The molecule has 0 heterocycles. The molecule has 3 aromatic carbocycles. The van der Waals surface area contributed by atoms with Gasteiger partial charge in [0.05, 0.1) is 31.5 Å². The molecule has 1 amide bonds. The zero-order valence-electron chi connectivity index (χ0n) is 20.3. The Bertz CT molecular complexity index is 1240. The molecule has 192 valence electrons. The predicted molar refractivity (Wildman–Crippen MR) is 134 cm³/mol. The average Bonchev–Trinajstić information content (AvgIpc) is 2.88. The number of methoxy groups -OCH3 is 2. The Morgan fingerprint density at radius 2 is 1.50 bits per heavy atom. The van der Waals surface area contributed by atoms with Gasteiger partial charge in [-0.05, 0) is 53.8 Å². The molecule has 3 aromatic rings. The Morgan fingerprint density at radius 3 is 2.17 bits per heavy atom. The van der Waals surface area contributed by atoms with Crippen LogP contribution >= 0.6 is 0 Å². The number of nitrogens with one attached hydrogen (secondary N) is 1. The molecule has 0 aliphatic rings. The van der Waals surface area contributed by atoms with E-state index in [9.17, 15) is 17.6 Å². The Labute approximate surface area is 211 Å². The van der Waals surface area contributed by atoms with E-state index in [1.54, 1.807) is 30.3 Å². The van der Waals surface area contributed by atoms with Gasteiger partial charge in [0.2, 0.25) is 5.91 Å². The second kappa shape index (κ2) is 13.0. The van der Waals surface area contributed by atoms with Crippen LogP contribution in [0.3, 0.4) is 0 Å². The van der Waals surface area contributed by atoms with Crippen molar-refractivity contribution >= 4 is 15.7 Å². The van der Waals surface area contributed by atoms with E-state index in [4.69, 9.17) is 14.2 Å². The molecule has 3 rings (SSSR count). The van der Waals surface area contributed by atoms with Crippen molar-refractivity contribution in [3.63, 3.8) is 0 Å². The SMILES string of the molecule is COc1ccc(S(=O)(=O)Cc2ccc(CCCNC(=O)COCc3ccc(F)cc3)cc2)cc1OC. The van der Waals surface area contributed by atoms with Crippen LogP contribution in [0.15, 0.2) is 71.6 Å². The summed E-state index contributed by atoms with van der Waals surface area (Å²) in [5, 5.41) is 2.80. The molecule has 9 heteroatoms. The van der Waals surface area contributed by atoms with E-state index in [0.29, 0.717) is 23.6 Å². The van der Waals surface area contributed by atoms with Crippen LogP contribution in [0.1, 0.15) is 23.1 Å².